The number of phosphoric acid groups is 1. The van der Waals surface area contributed by atoms with Gasteiger partial charge < -0.3 is 29.7 Å². The predicted octanol–water partition coefficient (Wildman–Crippen LogP) is -0.889. The number of nitrogens with two attached hydrogens (primary N) is 1. The molecule has 0 aromatic carbocycles. The highest BCUT2D eigenvalue weighted by atomic mass is 32.2. The Bertz CT molecular complexity index is 1060. The molecule has 1 unspecified atom stereocenters. The van der Waals surface area contributed by atoms with E-state index in [9.17, 15) is 24.3 Å². The van der Waals surface area contributed by atoms with E-state index in [1.54, 1.807) is 6.26 Å². The van der Waals surface area contributed by atoms with Crippen LogP contribution in [0.3, 0.4) is 0 Å². The molecule has 3 aromatic rings. The van der Waals surface area contributed by atoms with Gasteiger partial charge in [0.05, 0.1) is 24.2 Å². The van der Waals surface area contributed by atoms with Crippen molar-refractivity contribution in [3.05, 3.63) is 15.2 Å². The summed E-state index contributed by atoms with van der Waals surface area (Å²) < 4.78 is 14.7. The Labute approximate surface area is 147 Å². The third kappa shape index (κ3) is 3.67. The Hall–Kier alpha value is -1.60. The molecule has 0 aliphatic heterocycles. The third-order valence-corrected chi connectivity index (χ3v) is 5.66. The van der Waals surface area contributed by atoms with E-state index in [1.165, 1.54) is 11.8 Å². The summed E-state index contributed by atoms with van der Waals surface area (Å²) in [5, 5.41) is 10.1. The molecular weight excluding hydrogens is 393 g/mol. The summed E-state index contributed by atoms with van der Waals surface area (Å²) in [7, 11) is -5.21. The maximum Gasteiger partial charge on any atom is 0.280 e. The fourth-order valence-corrected chi connectivity index (χ4v) is 4.51. The van der Waals surface area contributed by atoms with Gasteiger partial charge in [0.25, 0.3) is 5.56 Å². The van der Waals surface area contributed by atoms with Crippen LogP contribution in [0.5, 0.6) is 0 Å². The van der Waals surface area contributed by atoms with Crippen LogP contribution < -0.4 is 21.1 Å². The first-order valence-corrected chi connectivity index (χ1v) is 10.1. The van der Waals surface area contributed by atoms with Crippen LogP contribution in [0.15, 0.2) is 9.69 Å². The van der Waals surface area contributed by atoms with Crippen molar-refractivity contribution >= 4 is 58.4 Å². The molecule has 1 atom stereocenters. The molecule has 0 amide bonds. The second kappa shape index (κ2) is 6.61. The van der Waals surface area contributed by atoms with E-state index in [0.29, 0.717) is 20.1 Å². The van der Waals surface area contributed by atoms with Crippen molar-refractivity contribution in [2.24, 2.45) is 0 Å². The quantitative estimate of drug-likeness (QED) is 0.354. The number of phosphoric ester groups is 1. The number of nitrogens with one attached hydrogen (secondary N) is 1. The first-order valence-electron chi connectivity index (χ1n) is 6.58. The summed E-state index contributed by atoms with van der Waals surface area (Å²) in [4.78, 5) is 49.0. The topological polar surface area (TPSA) is 190 Å². The van der Waals surface area contributed by atoms with Crippen molar-refractivity contribution in [3.8, 4) is 0 Å². The van der Waals surface area contributed by atoms with Crippen molar-refractivity contribution in [2.45, 2.75) is 11.0 Å². The fourth-order valence-electron chi connectivity index (χ4n) is 2.10. The number of aliphatic hydroxyl groups is 1. The van der Waals surface area contributed by atoms with Crippen LogP contribution in [0, 0.1) is 0 Å². The first-order chi connectivity index (χ1) is 11.7. The Morgan fingerprint density at radius 3 is 2.76 bits per heavy atom. The van der Waals surface area contributed by atoms with Gasteiger partial charge in [-0.25, -0.2) is 9.97 Å². The lowest BCUT2D eigenvalue weighted by atomic mass is 10.3. The van der Waals surface area contributed by atoms with Crippen molar-refractivity contribution in [1.82, 2.24) is 19.9 Å². The zero-order chi connectivity index (χ0) is 18.4. The van der Waals surface area contributed by atoms with Crippen molar-refractivity contribution in [3.63, 3.8) is 0 Å². The summed E-state index contributed by atoms with van der Waals surface area (Å²) in [5.41, 5.74) is 5.30. The van der Waals surface area contributed by atoms with Gasteiger partial charge in [-0.05, 0) is 6.26 Å². The molecule has 25 heavy (non-hydrogen) atoms. The molecule has 3 rings (SSSR count). The van der Waals surface area contributed by atoms with Crippen LogP contribution >= 0.6 is 30.9 Å². The van der Waals surface area contributed by atoms with Gasteiger partial charge in [-0.3, -0.25) is 9.78 Å². The number of H-pyrrole nitrogens is 1. The molecule has 3 heterocycles. The van der Waals surface area contributed by atoms with Crippen molar-refractivity contribution in [2.75, 3.05) is 18.6 Å². The molecule has 4 N–H and O–H groups in total. The number of thioether (sulfide) groups is 1. The van der Waals surface area contributed by atoms with E-state index >= 15 is 0 Å². The Morgan fingerprint density at radius 1 is 1.40 bits per heavy atom. The summed E-state index contributed by atoms with van der Waals surface area (Å²) in [6.45, 7) is -0.726. The second-order valence-corrected chi connectivity index (χ2v) is 7.76. The number of aromatic amines is 1. The van der Waals surface area contributed by atoms with Crippen LogP contribution in [0.2, 0.25) is 0 Å². The molecule has 0 aliphatic carbocycles. The third-order valence-electron chi connectivity index (χ3n) is 3.07. The Balaban J connectivity index is 2.14. The van der Waals surface area contributed by atoms with Gasteiger partial charge in [0.15, 0.2) is 11.2 Å². The van der Waals surface area contributed by atoms with Gasteiger partial charge in [0.1, 0.15) is 16.5 Å². The molecule has 0 spiro atoms. The van der Waals surface area contributed by atoms with E-state index in [-0.39, 0.29) is 17.1 Å². The highest BCUT2D eigenvalue weighted by Gasteiger charge is 2.22. The van der Waals surface area contributed by atoms with Gasteiger partial charge in [-0.2, -0.15) is 4.98 Å². The van der Waals surface area contributed by atoms with Crippen LogP contribution in [-0.2, 0) is 9.09 Å². The standard InChI is InChI=1S/C11H12N5O6PS2/c1-24-7-4-10(25-6(7)3(17)2-22-23(19,20)21)14-8-5(13-4)9(18)16-11(12)15-8/h3,17H,2H2,1H3,(H2,19,20,21)(H3,12,14,15,16,18)/p-2. The lowest BCUT2D eigenvalue weighted by molar-refractivity contribution is -0.342. The minimum Gasteiger partial charge on any atom is -0.790 e. The molecule has 11 nitrogen and oxygen atoms in total. The smallest absolute Gasteiger partial charge is 0.280 e. The molecule has 14 heteroatoms. The summed E-state index contributed by atoms with van der Waals surface area (Å²) >= 11 is 2.24. The number of aliphatic hydroxyl groups excluding tert-OH is 1. The monoisotopic (exact) mass is 403 g/mol. The van der Waals surface area contributed by atoms with Gasteiger partial charge in [-0.15, -0.1) is 23.1 Å². The van der Waals surface area contributed by atoms with E-state index in [1.807, 2.05) is 0 Å². The zero-order valence-corrected chi connectivity index (χ0v) is 15.0. The summed E-state index contributed by atoms with van der Waals surface area (Å²) in [6.07, 6.45) is 0.334. The molecule has 0 saturated carbocycles. The summed E-state index contributed by atoms with van der Waals surface area (Å²) in [6, 6.07) is 0. The van der Waals surface area contributed by atoms with Crippen LogP contribution in [0.25, 0.3) is 21.5 Å². The molecule has 0 radical (unpaired) electrons. The minimum atomic E-state index is -5.21. The number of fused-ring (bicyclic) bond motifs is 2. The maximum atomic E-state index is 11.9. The molecule has 134 valence electrons. The van der Waals surface area contributed by atoms with E-state index < -0.39 is 26.1 Å². The SMILES string of the molecule is CSc1c(C(O)COP(=O)([O-])[O-])sc2nc3nc(N)[nH]c(=O)c3nc12. The van der Waals surface area contributed by atoms with Crippen LogP contribution in [-0.4, -0.2) is 37.9 Å². The highest BCUT2D eigenvalue weighted by Crippen LogP contribution is 2.40. The van der Waals surface area contributed by atoms with Crippen LogP contribution in [0.4, 0.5) is 5.95 Å². The Kier molecular flexibility index (Phi) is 4.81. The first kappa shape index (κ1) is 18.2. The summed E-state index contributed by atoms with van der Waals surface area (Å²) in [5.74, 6) is -0.108. The number of nitrogens with zero attached hydrogens (tertiary/aromatic N) is 3. The fraction of sp³-hybridized carbons (Fsp3) is 0.273. The number of thiophene rings is 1. The van der Waals surface area contributed by atoms with E-state index in [2.05, 4.69) is 24.5 Å². The molecule has 0 saturated heterocycles. The average Bonchev–Trinajstić information content (AvgIpc) is 2.87. The van der Waals surface area contributed by atoms with Gasteiger partial charge in [0.2, 0.25) is 5.95 Å². The minimum absolute atomic E-state index is 0.0179. The number of hydrogen-bond acceptors (Lipinski definition) is 12. The average molecular weight is 403 g/mol. The molecule has 0 fully saturated rings. The van der Waals surface area contributed by atoms with Crippen molar-refractivity contribution < 1.29 is 24.0 Å². The van der Waals surface area contributed by atoms with Gasteiger partial charge in [-0.1, -0.05) is 0 Å². The normalized spacial score (nSPS) is 13.6. The van der Waals surface area contributed by atoms with Gasteiger partial charge >= 0.3 is 0 Å². The molecule has 0 bridgehead atoms. The largest absolute Gasteiger partial charge is 0.790 e. The maximum absolute atomic E-state index is 11.9. The number of aromatic nitrogens is 4. The lowest BCUT2D eigenvalue weighted by Crippen LogP contribution is -2.19. The Morgan fingerprint density at radius 2 is 2.12 bits per heavy atom. The number of anilines is 1. The van der Waals surface area contributed by atoms with E-state index in [0.717, 1.165) is 11.3 Å². The molecular formula is C11H10N5O6PS2-2. The lowest BCUT2D eigenvalue weighted by Gasteiger charge is -2.29. The van der Waals surface area contributed by atoms with E-state index in [4.69, 9.17) is 5.73 Å². The van der Waals surface area contributed by atoms with Gasteiger partial charge in [0, 0.05) is 0 Å². The highest BCUT2D eigenvalue weighted by molar-refractivity contribution is 7.99. The number of nitrogen functional groups attached to an aromatic ring is 1. The number of hydrogen-bond donors (Lipinski definition) is 3. The zero-order valence-electron chi connectivity index (χ0n) is 12.5. The molecule has 0 aliphatic rings. The number of rotatable bonds is 5. The predicted molar refractivity (Wildman–Crippen MR) is 88.0 cm³/mol. The molecule has 3 aromatic heterocycles. The second-order valence-electron chi connectivity index (χ2n) is 4.76. The van der Waals surface area contributed by atoms with Crippen molar-refractivity contribution in [1.29, 1.82) is 0 Å². The van der Waals surface area contributed by atoms with Crippen LogP contribution in [0.1, 0.15) is 11.0 Å².